The van der Waals surface area contributed by atoms with E-state index in [4.69, 9.17) is 10.8 Å². The summed E-state index contributed by atoms with van der Waals surface area (Å²) in [5.74, 6) is 0.270. The summed E-state index contributed by atoms with van der Waals surface area (Å²) in [4.78, 5) is 3.81. The number of nitrogens with two attached hydrogens (primary N) is 1. The molecule has 0 aromatic carbocycles. The van der Waals surface area contributed by atoms with Crippen molar-refractivity contribution < 1.29 is 13.5 Å². The minimum atomic E-state index is -3.59. The van der Waals surface area contributed by atoms with Crippen LogP contribution in [0, 0.1) is 0 Å². The van der Waals surface area contributed by atoms with Crippen molar-refractivity contribution >= 4 is 15.8 Å². The van der Waals surface area contributed by atoms with Crippen LogP contribution < -0.4 is 10.5 Å². The Bertz CT molecular complexity index is 444. The third kappa shape index (κ3) is 3.95. The Morgan fingerprint density at radius 3 is 2.71 bits per heavy atom. The number of aliphatic hydroxyl groups excluding tert-OH is 1. The van der Waals surface area contributed by atoms with Crippen molar-refractivity contribution in [2.24, 2.45) is 0 Å². The van der Waals surface area contributed by atoms with Gasteiger partial charge in [-0.05, 0) is 25.0 Å². The molecule has 0 saturated heterocycles. The largest absolute Gasteiger partial charge is 0.396 e. The lowest BCUT2D eigenvalue weighted by atomic mass is 10.2. The molecule has 1 rings (SSSR count). The lowest BCUT2D eigenvalue weighted by Crippen LogP contribution is -2.35. The molecule has 96 valence electrons. The van der Waals surface area contributed by atoms with Gasteiger partial charge in [0, 0.05) is 18.8 Å². The Hall–Kier alpha value is -1.18. The first-order valence-electron chi connectivity index (χ1n) is 5.34. The number of hydrogen-bond acceptors (Lipinski definition) is 5. The van der Waals surface area contributed by atoms with Crippen molar-refractivity contribution in [3.63, 3.8) is 0 Å². The number of nitrogens with zero attached hydrogens (tertiary/aromatic N) is 1. The third-order valence-electron chi connectivity index (χ3n) is 2.36. The first kappa shape index (κ1) is 13.9. The van der Waals surface area contributed by atoms with Gasteiger partial charge in [0.2, 0.25) is 10.0 Å². The van der Waals surface area contributed by atoms with E-state index in [-0.39, 0.29) is 23.4 Å². The first-order chi connectivity index (χ1) is 7.99. The summed E-state index contributed by atoms with van der Waals surface area (Å²) in [7, 11) is -3.59. The predicted molar refractivity (Wildman–Crippen MR) is 64.8 cm³/mol. The van der Waals surface area contributed by atoms with Crippen molar-refractivity contribution in [3.8, 4) is 0 Å². The Kier molecular flexibility index (Phi) is 4.86. The molecule has 4 N–H and O–H groups in total. The molecule has 0 saturated carbocycles. The Labute approximate surface area is 101 Å². The molecule has 7 heteroatoms. The molecule has 1 atom stereocenters. The number of hydrogen-bond donors (Lipinski definition) is 3. The zero-order chi connectivity index (χ0) is 12.9. The molecule has 17 heavy (non-hydrogen) atoms. The molecule has 0 aliphatic heterocycles. The Morgan fingerprint density at radius 2 is 2.24 bits per heavy atom. The lowest BCUT2D eigenvalue weighted by Gasteiger charge is -2.15. The number of sulfonamides is 1. The zero-order valence-corrected chi connectivity index (χ0v) is 10.4. The fourth-order valence-corrected chi connectivity index (χ4v) is 2.64. The smallest absolute Gasteiger partial charge is 0.242 e. The van der Waals surface area contributed by atoms with Crippen molar-refractivity contribution in [1.29, 1.82) is 0 Å². The molecule has 1 aromatic heterocycles. The Balaban J connectivity index is 2.84. The van der Waals surface area contributed by atoms with Crippen molar-refractivity contribution in [1.82, 2.24) is 9.71 Å². The van der Waals surface area contributed by atoms with Gasteiger partial charge in [-0.15, -0.1) is 0 Å². The van der Waals surface area contributed by atoms with Crippen molar-refractivity contribution in [3.05, 3.63) is 18.3 Å². The Morgan fingerprint density at radius 1 is 1.53 bits per heavy atom. The second-order valence-electron chi connectivity index (χ2n) is 3.66. The van der Waals surface area contributed by atoms with Crippen LogP contribution in [0.5, 0.6) is 0 Å². The summed E-state index contributed by atoms with van der Waals surface area (Å²) in [6.07, 6.45) is 2.21. The molecular formula is C10H17N3O3S. The fourth-order valence-electron chi connectivity index (χ4n) is 1.34. The minimum Gasteiger partial charge on any atom is -0.396 e. The molecule has 6 nitrogen and oxygen atoms in total. The first-order valence-corrected chi connectivity index (χ1v) is 6.82. The van der Waals surface area contributed by atoms with E-state index in [1.54, 1.807) is 0 Å². The molecule has 0 aliphatic carbocycles. The molecule has 1 unspecified atom stereocenters. The summed E-state index contributed by atoms with van der Waals surface area (Å²) >= 11 is 0. The second kappa shape index (κ2) is 5.95. The van der Waals surface area contributed by atoms with Gasteiger partial charge >= 0.3 is 0 Å². The van der Waals surface area contributed by atoms with Crippen LogP contribution in [0.25, 0.3) is 0 Å². The van der Waals surface area contributed by atoms with E-state index >= 15 is 0 Å². The van der Waals surface area contributed by atoms with Crippen LogP contribution in [-0.2, 0) is 10.0 Å². The van der Waals surface area contributed by atoms with Crippen LogP contribution in [0.2, 0.25) is 0 Å². The molecular weight excluding hydrogens is 242 g/mol. The van der Waals surface area contributed by atoms with Crippen LogP contribution in [-0.4, -0.2) is 31.2 Å². The third-order valence-corrected chi connectivity index (χ3v) is 3.87. The molecule has 0 amide bonds. The average Bonchev–Trinajstić information content (AvgIpc) is 2.28. The van der Waals surface area contributed by atoms with Crippen LogP contribution >= 0.6 is 0 Å². The van der Waals surface area contributed by atoms with Gasteiger partial charge < -0.3 is 10.8 Å². The highest BCUT2D eigenvalue weighted by molar-refractivity contribution is 7.89. The van der Waals surface area contributed by atoms with E-state index in [1.165, 1.54) is 18.3 Å². The fraction of sp³-hybridized carbons (Fsp3) is 0.500. The van der Waals surface area contributed by atoms with Crippen LogP contribution in [0.4, 0.5) is 5.82 Å². The molecule has 0 bridgehead atoms. The maximum atomic E-state index is 11.9. The number of aromatic nitrogens is 1. The van der Waals surface area contributed by atoms with E-state index in [1.807, 2.05) is 6.92 Å². The standard InChI is InChI=1S/C10H17N3O3S/c1-2-8(5-6-14)13-17(15,16)9-3-4-10(11)12-7-9/h3-4,7-8,13-14H,2,5-6H2,1H3,(H2,11,12). The number of aliphatic hydroxyl groups is 1. The lowest BCUT2D eigenvalue weighted by molar-refractivity contribution is 0.270. The van der Waals surface area contributed by atoms with Gasteiger partial charge in [-0.2, -0.15) is 0 Å². The maximum absolute atomic E-state index is 11.9. The quantitative estimate of drug-likeness (QED) is 0.672. The molecule has 1 heterocycles. The molecule has 0 radical (unpaired) electrons. The summed E-state index contributed by atoms with van der Waals surface area (Å²) < 4.78 is 26.3. The van der Waals surface area contributed by atoms with Crippen LogP contribution in [0.15, 0.2) is 23.2 Å². The van der Waals surface area contributed by atoms with Gasteiger partial charge in [0.15, 0.2) is 0 Å². The minimum absolute atomic E-state index is 0.0545. The van der Waals surface area contributed by atoms with E-state index in [0.29, 0.717) is 12.8 Å². The number of anilines is 1. The van der Waals surface area contributed by atoms with Crippen molar-refractivity contribution in [2.45, 2.75) is 30.7 Å². The van der Waals surface area contributed by atoms with Gasteiger partial charge in [0.25, 0.3) is 0 Å². The number of nitrogen functional groups attached to an aromatic ring is 1. The van der Waals surface area contributed by atoms with Gasteiger partial charge in [-0.3, -0.25) is 0 Å². The number of rotatable bonds is 6. The maximum Gasteiger partial charge on any atom is 0.242 e. The number of pyridine rings is 1. The SMILES string of the molecule is CCC(CCO)NS(=O)(=O)c1ccc(N)nc1. The zero-order valence-electron chi connectivity index (χ0n) is 9.63. The van der Waals surface area contributed by atoms with E-state index in [0.717, 1.165) is 0 Å². The average molecular weight is 259 g/mol. The normalized spacial score (nSPS) is 13.5. The van der Waals surface area contributed by atoms with Gasteiger partial charge in [-0.25, -0.2) is 18.1 Å². The van der Waals surface area contributed by atoms with E-state index < -0.39 is 10.0 Å². The van der Waals surface area contributed by atoms with Crippen LogP contribution in [0.1, 0.15) is 19.8 Å². The molecule has 0 aliphatic rings. The summed E-state index contributed by atoms with van der Waals surface area (Å²) in [6.45, 7) is 1.80. The molecule has 0 spiro atoms. The highest BCUT2D eigenvalue weighted by Gasteiger charge is 2.18. The van der Waals surface area contributed by atoms with Gasteiger partial charge in [-0.1, -0.05) is 6.92 Å². The molecule has 1 aromatic rings. The van der Waals surface area contributed by atoms with Crippen LogP contribution in [0.3, 0.4) is 0 Å². The molecule has 0 fully saturated rings. The van der Waals surface area contributed by atoms with Gasteiger partial charge in [0.1, 0.15) is 10.7 Å². The number of nitrogens with one attached hydrogen (secondary N) is 1. The van der Waals surface area contributed by atoms with E-state index in [9.17, 15) is 8.42 Å². The van der Waals surface area contributed by atoms with Crippen molar-refractivity contribution in [2.75, 3.05) is 12.3 Å². The monoisotopic (exact) mass is 259 g/mol. The highest BCUT2D eigenvalue weighted by Crippen LogP contribution is 2.10. The summed E-state index contributed by atoms with van der Waals surface area (Å²) in [5, 5.41) is 8.81. The summed E-state index contributed by atoms with van der Waals surface area (Å²) in [5.41, 5.74) is 5.39. The summed E-state index contributed by atoms with van der Waals surface area (Å²) in [6, 6.07) is 2.56. The second-order valence-corrected chi connectivity index (χ2v) is 5.37. The highest BCUT2D eigenvalue weighted by atomic mass is 32.2. The predicted octanol–water partition coefficient (Wildman–Crippen LogP) is 0.103. The topological polar surface area (TPSA) is 105 Å². The van der Waals surface area contributed by atoms with Gasteiger partial charge in [0.05, 0.1) is 0 Å². The van der Waals surface area contributed by atoms with E-state index in [2.05, 4.69) is 9.71 Å².